The first-order valence-electron chi connectivity index (χ1n) is 6.26. The number of hydrogen-bond acceptors (Lipinski definition) is 3. The number of carbonyl (C=O) groups excluding carboxylic acids is 1. The number of nitrogens with one attached hydrogen (secondary N) is 1. The first-order valence-corrected chi connectivity index (χ1v) is 7.14. The molecule has 0 aliphatic rings. The van der Waals surface area contributed by atoms with Crippen molar-refractivity contribution < 1.29 is 9.90 Å². The van der Waals surface area contributed by atoms with Crippen LogP contribution in [-0.2, 0) is 0 Å². The normalized spacial score (nSPS) is 9.70. The van der Waals surface area contributed by atoms with Gasteiger partial charge in [-0.3, -0.25) is 4.79 Å². The van der Waals surface area contributed by atoms with E-state index in [1.54, 1.807) is 0 Å². The molecular weight excluding hydrogens is 270 g/mol. The lowest BCUT2D eigenvalue weighted by Crippen LogP contribution is -2.11. The molecule has 3 nitrogen and oxygen atoms in total. The average Bonchev–Trinajstić information content (AvgIpc) is 2.87. The van der Waals surface area contributed by atoms with Crippen LogP contribution >= 0.6 is 11.3 Å². The average molecular weight is 285 g/mol. The third-order valence-corrected chi connectivity index (χ3v) is 3.70. The maximum absolute atomic E-state index is 12.0. The number of carbonyl (C=O) groups is 1. The minimum Gasteiger partial charge on any atom is -0.395 e. The van der Waals surface area contributed by atoms with E-state index in [2.05, 4.69) is 17.2 Å². The van der Waals surface area contributed by atoms with Gasteiger partial charge in [0.2, 0.25) is 0 Å². The molecule has 0 radical (unpaired) electrons. The van der Waals surface area contributed by atoms with E-state index in [-0.39, 0.29) is 12.5 Å². The second-order valence-electron chi connectivity index (χ2n) is 4.24. The van der Waals surface area contributed by atoms with Gasteiger partial charge < -0.3 is 10.4 Å². The molecule has 0 aliphatic carbocycles. The molecule has 1 aromatic heterocycles. The topological polar surface area (TPSA) is 49.3 Å². The molecule has 102 valence electrons. The minimum atomic E-state index is -0.0865. The Morgan fingerprint density at radius 1 is 1.30 bits per heavy atom. The van der Waals surface area contributed by atoms with Crippen LogP contribution in [0.1, 0.15) is 27.2 Å². The number of rotatable bonds is 3. The van der Waals surface area contributed by atoms with Crippen molar-refractivity contribution in [1.82, 2.24) is 0 Å². The van der Waals surface area contributed by atoms with E-state index in [0.717, 1.165) is 21.7 Å². The van der Waals surface area contributed by atoms with E-state index in [0.29, 0.717) is 6.42 Å². The van der Waals surface area contributed by atoms with Crippen LogP contribution in [0.25, 0.3) is 0 Å². The molecule has 0 aliphatic heterocycles. The van der Waals surface area contributed by atoms with Gasteiger partial charge in [0.15, 0.2) is 0 Å². The Hall–Kier alpha value is -2.09. The lowest BCUT2D eigenvalue weighted by molar-refractivity contribution is 0.103. The number of aliphatic hydroxyl groups is 1. The van der Waals surface area contributed by atoms with E-state index in [1.165, 1.54) is 11.3 Å². The number of benzene rings is 1. The van der Waals surface area contributed by atoms with Crippen molar-refractivity contribution in [3.8, 4) is 11.8 Å². The predicted octanol–water partition coefficient (Wildman–Crippen LogP) is 3.04. The molecule has 0 saturated heterocycles. The Kier molecular flexibility index (Phi) is 4.94. The van der Waals surface area contributed by atoms with E-state index in [9.17, 15) is 4.79 Å². The highest BCUT2D eigenvalue weighted by molar-refractivity contribution is 7.12. The fourth-order valence-electron chi connectivity index (χ4n) is 1.65. The molecule has 1 heterocycles. The summed E-state index contributed by atoms with van der Waals surface area (Å²) in [6.07, 6.45) is 0.468. The molecule has 0 spiro atoms. The third-order valence-electron chi connectivity index (χ3n) is 2.68. The standard InChI is InChI=1S/C16H15NO2S/c1-12-9-11-20-15(12)16(19)17-14-7-5-13(6-8-14)4-2-3-10-18/h5-9,11,18H,3,10H2,1H3,(H,17,19). The lowest BCUT2D eigenvalue weighted by Gasteiger charge is -2.04. The summed E-state index contributed by atoms with van der Waals surface area (Å²) in [5.41, 5.74) is 2.60. The highest BCUT2D eigenvalue weighted by Crippen LogP contribution is 2.18. The Morgan fingerprint density at radius 2 is 2.05 bits per heavy atom. The fraction of sp³-hybridized carbons (Fsp3) is 0.188. The molecular formula is C16H15NO2S. The maximum Gasteiger partial charge on any atom is 0.265 e. The second-order valence-corrected chi connectivity index (χ2v) is 5.16. The summed E-state index contributed by atoms with van der Waals surface area (Å²) in [7, 11) is 0. The maximum atomic E-state index is 12.0. The zero-order chi connectivity index (χ0) is 14.4. The third kappa shape index (κ3) is 3.70. The molecule has 0 fully saturated rings. The summed E-state index contributed by atoms with van der Waals surface area (Å²) >= 11 is 1.44. The quantitative estimate of drug-likeness (QED) is 0.852. The van der Waals surface area contributed by atoms with Gasteiger partial charge in [-0.2, -0.15) is 0 Å². The predicted molar refractivity (Wildman–Crippen MR) is 82.0 cm³/mol. The summed E-state index contributed by atoms with van der Waals surface area (Å²) in [6, 6.07) is 9.27. The SMILES string of the molecule is Cc1ccsc1C(=O)Nc1ccc(C#CCCO)cc1. The van der Waals surface area contributed by atoms with Crippen molar-refractivity contribution in [3.05, 3.63) is 51.7 Å². The van der Waals surface area contributed by atoms with Crippen molar-refractivity contribution in [2.24, 2.45) is 0 Å². The van der Waals surface area contributed by atoms with Crippen LogP contribution in [0.15, 0.2) is 35.7 Å². The number of thiophene rings is 1. The highest BCUT2D eigenvalue weighted by atomic mass is 32.1. The molecule has 2 N–H and O–H groups in total. The molecule has 0 bridgehead atoms. The van der Waals surface area contributed by atoms with E-state index in [4.69, 9.17) is 5.11 Å². The lowest BCUT2D eigenvalue weighted by atomic mass is 10.2. The van der Waals surface area contributed by atoms with Gasteiger partial charge in [-0.15, -0.1) is 11.3 Å². The molecule has 0 unspecified atom stereocenters. The largest absolute Gasteiger partial charge is 0.395 e. The molecule has 0 saturated carbocycles. The van der Waals surface area contributed by atoms with Crippen molar-refractivity contribution in [2.45, 2.75) is 13.3 Å². The van der Waals surface area contributed by atoms with Crippen LogP contribution in [0.3, 0.4) is 0 Å². The van der Waals surface area contributed by atoms with Gasteiger partial charge in [0.05, 0.1) is 11.5 Å². The van der Waals surface area contributed by atoms with Crippen LogP contribution in [0.5, 0.6) is 0 Å². The zero-order valence-electron chi connectivity index (χ0n) is 11.1. The monoisotopic (exact) mass is 285 g/mol. The number of anilines is 1. The van der Waals surface area contributed by atoms with Gasteiger partial charge in [-0.05, 0) is 48.2 Å². The Labute approximate surface area is 122 Å². The Morgan fingerprint density at radius 3 is 2.65 bits per heavy atom. The van der Waals surface area contributed by atoms with Crippen molar-refractivity contribution in [3.63, 3.8) is 0 Å². The number of hydrogen-bond donors (Lipinski definition) is 2. The van der Waals surface area contributed by atoms with Crippen LogP contribution in [0.4, 0.5) is 5.69 Å². The van der Waals surface area contributed by atoms with Gasteiger partial charge >= 0.3 is 0 Å². The summed E-state index contributed by atoms with van der Waals surface area (Å²) in [5.74, 6) is 5.71. The fourth-order valence-corrected chi connectivity index (χ4v) is 2.47. The van der Waals surface area contributed by atoms with Gasteiger partial charge in [0, 0.05) is 17.7 Å². The number of aliphatic hydroxyl groups excluding tert-OH is 1. The number of aryl methyl sites for hydroxylation is 1. The summed E-state index contributed by atoms with van der Waals surface area (Å²) < 4.78 is 0. The molecule has 2 rings (SSSR count). The molecule has 1 amide bonds. The minimum absolute atomic E-state index is 0.0707. The molecule has 1 aromatic carbocycles. The van der Waals surface area contributed by atoms with Crippen molar-refractivity contribution in [1.29, 1.82) is 0 Å². The second kappa shape index (κ2) is 6.90. The van der Waals surface area contributed by atoms with Crippen molar-refractivity contribution in [2.75, 3.05) is 11.9 Å². The van der Waals surface area contributed by atoms with E-state index < -0.39 is 0 Å². The molecule has 4 heteroatoms. The number of amides is 1. The van der Waals surface area contributed by atoms with E-state index >= 15 is 0 Å². The van der Waals surface area contributed by atoms with Crippen molar-refractivity contribution >= 4 is 22.9 Å². The van der Waals surface area contributed by atoms with Crippen LogP contribution in [0, 0.1) is 18.8 Å². The van der Waals surface area contributed by atoms with Crippen LogP contribution in [-0.4, -0.2) is 17.6 Å². The molecule has 20 heavy (non-hydrogen) atoms. The van der Waals surface area contributed by atoms with Gasteiger partial charge in [0.25, 0.3) is 5.91 Å². The first kappa shape index (κ1) is 14.3. The Balaban J connectivity index is 2.03. The summed E-state index contributed by atoms with van der Waals surface area (Å²) in [4.78, 5) is 12.8. The van der Waals surface area contributed by atoms with E-state index in [1.807, 2.05) is 42.6 Å². The summed E-state index contributed by atoms with van der Waals surface area (Å²) in [5, 5.41) is 13.4. The Bertz CT molecular complexity index is 647. The molecule has 2 aromatic rings. The van der Waals surface area contributed by atoms with Gasteiger partial charge in [-0.1, -0.05) is 11.8 Å². The smallest absolute Gasteiger partial charge is 0.265 e. The van der Waals surface area contributed by atoms with Crippen LogP contribution < -0.4 is 5.32 Å². The van der Waals surface area contributed by atoms with Crippen LogP contribution in [0.2, 0.25) is 0 Å². The summed E-state index contributed by atoms with van der Waals surface area (Å²) in [6.45, 7) is 1.99. The molecule has 0 atom stereocenters. The van der Waals surface area contributed by atoms with Gasteiger partial charge in [0.1, 0.15) is 0 Å². The highest BCUT2D eigenvalue weighted by Gasteiger charge is 2.10. The first-order chi connectivity index (χ1) is 9.70. The zero-order valence-corrected chi connectivity index (χ0v) is 12.0. The van der Waals surface area contributed by atoms with Gasteiger partial charge in [-0.25, -0.2) is 0 Å².